The number of carbonyl (C=O) groups excluding carboxylic acids is 2. The Balaban J connectivity index is 2.76. The van der Waals surface area contributed by atoms with Gasteiger partial charge in [-0.05, 0) is 26.2 Å². The fourth-order valence-electron chi connectivity index (χ4n) is 2.26. The maximum Gasteiger partial charge on any atom is 0.243 e. The zero-order chi connectivity index (χ0) is 12.3. The number of likely N-dealkylation sites (tertiary alicyclic amines) is 1. The Labute approximate surface area is 96.1 Å². The molecule has 1 fully saturated rings. The molecule has 1 aliphatic rings. The number of nitrogens with zero attached hydrogens (tertiary/aromatic N) is 1. The van der Waals surface area contributed by atoms with E-state index in [1.807, 2.05) is 6.92 Å². The van der Waals surface area contributed by atoms with Gasteiger partial charge in [0.1, 0.15) is 6.04 Å². The summed E-state index contributed by atoms with van der Waals surface area (Å²) in [6, 6.07) is -0.466. The van der Waals surface area contributed by atoms with Crippen molar-refractivity contribution < 1.29 is 9.59 Å². The summed E-state index contributed by atoms with van der Waals surface area (Å²) in [7, 11) is 0. The van der Waals surface area contributed by atoms with Crippen LogP contribution in [0.5, 0.6) is 0 Å². The smallest absolute Gasteiger partial charge is 0.243 e. The van der Waals surface area contributed by atoms with Crippen molar-refractivity contribution in [1.29, 1.82) is 0 Å². The van der Waals surface area contributed by atoms with E-state index in [4.69, 9.17) is 11.5 Å². The van der Waals surface area contributed by atoms with Crippen LogP contribution in [0.2, 0.25) is 0 Å². The number of rotatable bonds is 4. The topological polar surface area (TPSA) is 89.4 Å². The Morgan fingerprint density at radius 1 is 1.50 bits per heavy atom. The summed E-state index contributed by atoms with van der Waals surface area (Å²) >= 11 is 0. The predicted molar refractivity (Wildman–Crippen MR) is 61.4 cm³/mol. The van der Waals surface area contributed by atoms with Crippen LogP contribution in [0.15, 0.2) is 0 Å². The molecule has 0 radical (unpaired) electrons. The molecule has 0 aromatic rings. The Bertz CT molecular complexity index is 289. The molecule has 16 heavy (non-hydrogen) atoms. The molecule has 1 aliphatic heterocycles. The van der Waals surface area contributed by atoms with Crippen molar-refractivity contribution in [2.75, 3.05) is 6.54 Å². The van der Waals surface area contributed by atoms with Gasteiger partial charge >= 0.3 is 0 Å². The van der Waals surface area contributed by atoms with Crippen LogP contribution in [-0.2, 0) is 9.59 Å². The average molecular weight is 227 g/mol. The molecular weight excluding hydrogens is 206 g/mol. The normalized spacial score (nSPS) is 24.2. The number of hydrogen-bond acceptors (Lipinski definition) is 3. The molecule has 1 heterocycles. The number of amides is 2. The van der Waals surface area contributed by atoms with Crippen molar-refractivity contribution in [3.8, 4) is 0 Å². The van der Waals surface area contributed by atoms with E-state index in [0.29, 0.717) is 19.4 Å². The van der Waals surface area contributed by atoms with Gasteiger partial charge in [0, 0.05) is 6.54 Å². The van der Waals surface area contributed by atoms with Crippen LogP contribution < -0.4 is 11.5 Å². The van der Waals surface area contributed by atoms with Gasteiger partial charge in [-0.15, -0.1) is 0 Å². The second kappa shape index (κ2) is 4.82. The summed E-state index contributed by atoms with van der Waals surface area (Å²) in [5.41, 5.74) is 10.4. The van der Waals surface area contributed by atoms with E-state index in [2.05, 4.69) is 0 Å². The van der Waals surface area contributed by atoms with Gasteiger partial charge in [-0.1, -0.05) is 13.3 Å². The molecule has 2 amide bonds. The number of nitrogens with two attached hydrogens (primary N) is 2. The van der Waals surface area contributed by atoms with E-state index in [1.54, 1.807) is 6.92 Å². The summed E-state index contributed by atoms with van der Waals surface area (Å²) in [6.45, 7) is 4.28. The van der Waals surface area contributed by atoms with Crippen molar-refractivity contribution in [1.82, 2.24) is 4.90 Å². The van der Waals surface area contributed by atoms with E-state index >= 15 is 0 Å². The predicted octanol–water partition coefficient (Wildman–Crippen LogP) is -0.0198. The van der Waals surface area contributed by atoms with Crippen molar-refractivity contribution in [3.05, 3.63) is 0 Å². The van der Waals surface area contributed by atoms with Crippen LogP contribution in [0, 0.1) is 0 Å². The summed E-state index contributed by atoms with van der Waals surface area (Å²) in [4.78, 5) is 24.9. The quantitative estimate of drug-likeness (QED) is 0.707. The highest BCUT2D eigenvalue weighted by atomic mass is 16.2. The van der Waals surface area contributed by atoms with Crippen LogP contribution in [-0.4, -0.2) is 34.8 Å². The molecule has 0 spiro atoms. The SMILES string of the molecule is CCCC(C)(N)C(=O)N1CCCC1C(N)=O. The maximum atomic E-state index is 12.2. The zero-order valence-corrected chi connectivity index (χ0v) is 10.0. The van der Waals surface area contributed by atoms with Crippen LogP contribution in [0.25, 0.3) is 0 Å². The Hall–Kier alpha value is -1.10. The number of primary amides is 1. The molecule has 4 N–H and O–H groups in total. The lowest BCUT2D eigenvalue weighted by molar-refractivity contribution is -0.141. The highest BCUT2D eigenvalue weighted by Crippen LogP contribution is 2.22. The van der Waals surface area contributed by atoms with E-state index in [1.165, 1.54) is 4.90 Å². The molecule has 0 aromatic carbocycles. The monoisotopic (exact) mass is 227 g/mol. The summed E-state index contributed by atoms with van der Waals surface area (Å²) in [6.07, 6.45) is 2.94. The Kier molecular flexibility index (Phi) is 3.91. The van der Waals surface area contributed by atoms with Gasteiger partial charge < -0.3 is 16.4 Å². The van der Waals surface area contributed by atoms with Gasteiger partial charge in [0.15, 0.2) is 0 Å². The van der Waals surface area contributed by atoms with Gasteiger partial charge in [-0.2, -0.15) is 0 Å². The van der Waals surface area contributed by atoms with Crippen LogP contribution >= 0.6 is 0 Å². The lowest BCUT2D eigenvalue weighted by Crippen LogP contribution is -2.56. The van der Waals surface area contributed by atoms with E-state index < -0.39 is 17.5 Å². The van der Waals surface area contributed by atoms with Gasteiger partial charge in [0.05, 0.1) is 5.54 Å². The first-order valence-electron chi connectivity index (χ1n) is 5.79. The highest BCUT2D eigenvalue weighted by molar-refractivity contribution is 5.91. The summed E-state index contributed by atoms with van der Waals surface area (Å²) < 4.78 is 0. The molecule has 5 heteroatoms. The standard InChI is InChI=1S/C11H21N3O2/c1-3-6-11(2,13)10(16)14-7-4-5-8(14)9(12)15/h8H,3-7,13H2,1-2H3,(H2,12,15). The molecule has 1 saturated heterocycles. The molecule has 1 rings (SSSR count). The number of hydrogen-bond donors (Lipinski definition) is 2. The fourth-order valence-corrected chi connectivity index (χ4v) is 2.26. The summed E-state index contributed by atoms with van der Waals surface area (Å²) in [5, 5.41) is 0. The second-order valence-electron chi connectivity index (χ2n) is 4.73. The molecule has 2 atom stereocenters. The lowest BCUT2D eigenvalue weighted by Gasteiger charge is -2.31. The van der Waals surface area contributed by atoms with Crippen molar-refractivity contribution in [3.63, 3.8) is 0 Å². The van der Waals surface area contributed by atoms with Crippen molar-refractivity contribution >= 4 is 11.8 Å². The second-order valence-corrected chi connectivity index (χ2v) is 4.73. The third-order valence-electron chi connectivity index (χ3n) is 3.10. The van der Waals surface area contributed by atoms with Gasteiger partial charge in [0.25, 0.3) is 0 Å². The minimum absolute atomic E-state index is 0.157. The first-order valence-corrected chi connectivity index (χ1v) is 5.79. The molecule has 92 valence electrons. The maximum absolute atomic E-state index is 12.2. The largest absolute Gasteiger partial charge is 0.368 e. The lowest BCUT2D eigenvalue weighted by atomic mass is 9.95. The average Bonchev–Trinajstić information content (AvgIpc) is 2.64. The number of carbonyl (C=O) groups is 2. The third kappa shape index (κ3) is 2.52. The van der Waals surface area contributed by atoms with E-state index in [0.717, 1.165) is 12.8 Å². The Morgan fingerprint density at radius 3 is 2.62 bits per heavy atom. The van der Waals surface area contributed by atoms with Crippen molar-refractivity contribution in [2.24, 2.45) is 11.5 Å². The molecule has 0 aromatic heterocycles. The van der Waals surface area contributed by atoms with Crippen molar-refractivity contribution in [2.45, 2.75) is 51.1 Å². The first kappa shape index (κ1) is 13.0. The molecule has 5 nitrogen and oxygen atoms in total. The zero-order valence-electron chi connectivity index (χ0n) is 10.0. The molecule has 2 unspecified atom stereocenters. The minimum Gasteiger partial charge on any atom is -0.368 e. The van der Waals surface area contributed by atoms with Crippen LogP contribution in [0.3, 0.4) is 0 Å². The van der Waals surface area contributed by atoms with Gasteiger partial charge in [0.2, 0.25) is 11.8 Å². The van der Waals surface area contributed by atoms with Gasteiger partial charge in [-0.3, -0.25) is 9.59 Å². The third-order valence-corrected chi connectivity index (χ3v) is 3.10. The highest BCUT2D eigenvalue weighted by Gasteiger charge is 2.39. The van der Waals surface area contributed by atoms with Crippen LogP contribution in [0.4, 0.5) is 0 Å². The molecule has 0 saturated carbocycles. The van der Waals surface area contributed by atoms with Crippen LogP contribution in [0.1, 0.15) is 39.5 Å². The molecule has 0 aliphatic carbocycles. The van der Waals surface area contributed by atoms with E-state index in [9.17, 15) is 9.59 Å². The minimum atomic E-state index is -0.882. The van der Waals surface area contributed by atoms with Gasteiger partial charge in [-0.25, -0.2) is 0 Å². The first-order chi connectivity index (χ1) is 7.40. The Morgan fingerprint density at radius 2 is 2.12 bits per heavy atom. The fraction of sp³-hybridized carbons (Fsp3) is 0.818. The molecular formula is C11H21N3O2. The summed E-state index contributed by atoms with van der Waals surface area (Å²) in [5.74, 6) is -0.589. The molecule has 0 bridgehead atoms. The van der Waals surface area contributed by atoms with E-state index in [-0.39, 0.29) is 5.91 Å².